The van der Waals surface area contributed by atoms with E-state index in [0.29, 0.717) is 0 Å². The number of thiophene rings is 2. The Morgan fingerprint density at radius 2 is 1.54 bits per heavy atom. The molecule has 0 N–H and O–H groups in total. The van der Waals surface area contributed by atoms with E-state index in [1.807, 2.05) is 22.7 Å². The highest BCUT2D eigenvalue weighted by Gasteiger charge is 2.13. The summed E-state index contributed by atoms with van der Waals surface area (Å²) in [7, 11) is 0. The zero-order chi connectivity index (χ0) is 17.3. The Labute approximate surface area is 163 Å². The highest BCUT2D eigenvalue weighted by atomic mass is 32.1. The molecule has 0 bridgehead atoms. The number of hydrogen-bond acceptors (Lipinski definition) is 2. The third-order valence-electron chi connectivity index (χ3n) is 6.11. The summed E-state index contributed by atoms with van der Waals surface area (Å²) >= 11 is 3.94. The van der Waals surface area contributed by atoms with Gasteiger partial charge < -0.3 is 0 Å². The summed E-state index contributed by atoms with van der Waals surface area (Å²) in [5.41, 5.74) is 1.53. The van der Waals surface area contributed by atoms with Crippen molar-refractivity contribution in [3.63, 3.8) is 0 Å². The molecule has 0 spiro atoms. The van der Waals surface area contributed by atoms with Crippen molar-refractivity contribution in [2.24, 2.45) is 5.92 Å². The van der Waals surface area contributed by atoms with Crippen molar-refractivity contribution in [1.29, 1.82) is 0 Å². The number of hydrogen-bond donors (Lipinski definition) is 0. The van der Waals surface area contributed by atoms with E-state index in [4.69, 9.17) is 0 Å². The van der Waals surface area contributed by atoms with Gasteiger partial charge in [-0.15, -0.1) is 22.7 Å². The number of benzene rings is 2. The molecule has 2 heterocycles. The summed E-state index contributed by atoms with van der Waals surface area (Å²) in [5.74, 6) is 1.03. The van der Waals surface area contributed by atoms with Crippen LogP contribution in [0.1, 0.15) is 56.9 Å². The molecule has 0 atom stereocenters. The predicted octanol–water partition coefficient (Wildman–Crippen LogP) is 8.56. The van der Waals surface area contributed by atoms with Crippen LogP contribution >= 0.6 is 22.7 Å². The largest absolute Gasteiger partial charge is 0.134 e. The van der Waals surface area contributed by atoms with Crippen LogP contribution in [0.4, 0.5) is 0 Å². The maximum Gasteiger partial charge on any atom is 0.0542 e. The molecule has 4 aromatic rings. The lowest BCUT2D eigenvalue weighted by Crippen LogP contribution is -2.05. The van der Waals surface area contributed by atoms with Crippen molar-refractivity contribution in [3.05, 3.63) is 48.0 Å². The SMILES string of the molecule is c1ccc2c(c1)sc1c3ccc(CCCCC4CCCCC4)cc3sc21. The maximum atomic E-state index is 2.46. The molecule has 1 aliphatic carbocycles. The minimum absolute atomic E-state index is 1.03. The fourth-order valence-corrected chi connectivity index (χ4v) is 7.36. The number of fused-ring (bicyclic) bond motifs is 5. The lowest BCUT2D eigenvalue weighted by molar-refractivity contribution is 0.330. The summed E-state index contributed by atoms with van der Waals surface area (Å²) < 4.78 is 5.86. The summed E-state index contributed by atoms with van der Waals surface area (Å²) in [6.45, 7) is 0. The Morgan fingerprint density at radius 1 is 0.769 bits per heavy atom. The Bertz CT molecular complexity index is 1030. The first-order valence-corrected chi connectivity index (χ1v) is 11.8. The van der Waals surface area contributed by atoms with Gasteiger partial charge in [0.25, 0.3) is 0 Å². The van der Waals surface area contributed by atoms with E-state index in [0.717, 1.165) is 5.92 Å². The molecule has 2 aromatic heterocycles. The van der Waals surface area contributed by atoms with Crippen molar-refractivity contribution in [1.82, 2.24) is 0 Å². The third kappa shape index (κ3) is 3.18. The Hall–Kier alpha value is -1.38. The number of unbranched alkanes of at least 4 members (excludes halogenated alkanes) is 1. The molecule has 1 fully saturated rings. The summed E-state index contributed by atoms with van der Waals surface area (Å²) in [5, 5.41) is 2.89. The van der Waals surface area contributed by atoms with Gasteiger partial charge in [-0.2, -0.15) is 0 Å². The Kier molecular flexibility index (Phi) is 4.72. The monoisotopic (exact) mass is 378 g/mol. The average molecular weight is 379 g/mol. The van der Waals surface area contributed by atoms with Crippen LogP contribution in [0.25, 0.3) is 29.6 Å². The summed E-state index contributed by atoms with van der Waals surface area (Å²) in [4.78, 5) is 0. The molecule has 0 radical (unpaired) electrons. The first-order chi connectivity index (χ1) is 12.9. The van der Waals surface area contributed by atoms with Gasteiger partial charge >= 0.3 is 0 Å². The molecule has 2 heteroatoms. The minimum atomic E-state index is 1.03. The van der Waals surface area contributed by atoms with E-state index in [9.17, 15) is 0 Å². The first-order valence-electron chi connectivity index (χ1n) is 10.2. The van der Waals surface area contributed by atoms with Gasteiger partial charge in [0.2, 0.25) is 0 Å². The molecule has 26 heavy (non-hydrogen) atoms. The molecule has 0 amide bonds. The predicted molar refractivity (Wildman–Crippen MR) is 119 cm³/mol. The smallest absolute Gasteiger partial charge is 0.0542 e. The van der Waals surface area contributed by atoms with Crippen LogP contribution in [0.15, 0.2) is 42.5 Å². The average Bonchev–Trinajstić information content (AvgIpc) is 3.22. The maximum absolute atomic E-state index is 2.46. The zero-order valence-corrected chi connectivity index (χ0v) is 16.9. The van der Waals surface area contributed by atoms with Crippen molar-refractivity contribution in [3.8, 4) is 0 Å². The second-order valence-electron chi connectivity index (χ2n) is 7.94. The van der Waals surface area contributed by atoms with Gasteiger partial charge in [-0.05, 0) is 36.5 Å². The van der Waals surface area contributed by atoms with Gasteiger partial charge in [0.05, 0.1) is 9.40 Å². The van der Waals surface area contributed by atoms with E-state index in [2.05, 4.69) is 42.5 Å². The van der Waals surface area contributed by atoms with Crippen LogP contribution in [0.2, 0.25) is 0 Å². The normalized spacial score (nSPS) is 16.2. The standard InChI is InChI=1S/C24H26S2/c1-2-8-17(9-3-1)10-4-5-11-18-14-15-20-22(16-18)26-23-19-12-6-7-13-21(19)25-24(20)23/h6-7,12-17H,1-5,8-11H2. The van der Waals surface area contributed by atoms with E-state index in [1.165, 1.54) is 92.9 Å². The number of rotatable bonds is 5. The first kappa shape index (κ1) is 16.8. The van der Waals surface area contributed by atoms with Gasteiger partial charge in [-0.3, -0.25) is 0 Å². The summed E-state index contributed by atoms with van der Waals surface area (Å²) in [6.07, 6.45) is 12.9. The summed E-state index contributed by atoms with van der Waals surface area (Å²) in [6, 6.07) is 16.0. The van der Waals surface area contributed by atoms with E-state index >= 15 is 0 Å². The molecule has 0 unspecified atom stereocenters. The van der Waals surface area contributed by atoms with Crippen LogP contribution in [0.5, 0.6) is 0 Å². The van der Waals surface area contributed by atoms with Crippen LogP contribution in [-0.2, 0) is 6.42 Å². The lowest BCUT2D eigenvalue weighted by atomic mass is 9.85. The Balaban J connectivity index is 1.30. The van der Waals surface area contributed by atoms with E-state index in [-0.39, 0.29) is 0 Å². The van der Waals surface area contributed by atoms with Crippen molar-refractivity contribution in [2.75, 3.05) is 0 Å². The zero-order valence-electron chi connectivity index (χ0n) is 15.3. The van der Waals surface area contributed by atoms with Gasteiger partial charge in [-0.25, -0.2) is 0 Å². The highest BCUT2D eigenvalue weighted by Crippen LogP contribution is 2.44. The number of aryl methyl sites for hydroxylation is 1. The van der Waals surface area contributed by atoms with Crippen LogP contribution in [0.3, 0.4) is 0 Å². The lowest BCUT2D eigenvalue weighted by Gasteiger charge is -2.21. The fourth-order valence-electron chi connectivity index (χ4n) is 4.64. The molecule has 134 valence electrons. The van der Waals surface area contributed by atoms with Crippen LogP contribution in [-0.4, -0.2) is 0 Å². The molecule has 0 saturated heterocycles. The van der Waals surface area contributed by atoms with Crippen LogP contribution < -0.4 is 0 Å². The second-order valence-corrected chi connectivity index (χ2v) is 10.0. The third-order valence-corrected chi connectivity index (χ3v) is 8.62. The quantitative estimate of drug-likeness (QED) is 0.305. The van der Waals surface area contributed by atoms with Gasteiger partial charge in [0, 0.05) is 20.2 Å². The minimum Gasteiger partial charge on any atom is -0.134 e. The van der Waals surface area contributed by atoms with E-state index < -0.39 is 0 Å². The molecular weight excluding hydrogens is 352 g/mol. The van der Waals surface area contributed by atoms with Crippen molar-refractivity contribution < 1.29 is 0 Å². The van der Waals surface area contributed by atoms with Crippen molar-refractivity contribution >= 4 is 52.2 Å². The molecule has 1 aliphatic rings. The Morgan fingerprint density at radius 3 is 2.42 bits per heavy atom. The molecule has 5 rings (SSSR count). The van der Waals surface area contributed by atoms with Gasteiger partial charge in [0.1, 0.15) is 0 Å². The van der Waals surface area contributed by atoms with Crippen LogP contribution in [0, 0.1) is 5.92 Å². The van der Waals surface area contributed by atoms with Gasteiger partial charge in [-0.1, -0.05) is 75.3 Å². The molecule has 2 aromatic carbocycles. The second kappa shape index (κ2) is 7.32. The highest BCUT2D eigenvalue weighted by molar-refractivity contribution is 7.36. The van der Waals surface area contributed by atoms with Gasteiger partial charge in [0.15, 0.2) is 0 Å². The molecule has 0 nitrogen and oxygen atoms in total. The van der Waals surface area contributed by atoms with E-state index in [1.54, 1.807) is 0 Å². The molecular formula is C24H26S2. The van der Waals surface area contributed by atoms with Crippen molar-refractivity contribution in [2.45, 2.75) is 57.8 Å². The fraction of sp³-hybridized carbons (Fsp3) is 0.417. The molecule has 0 aliphatic heterocycles. The topological polar surface area (TPSA) is 0 Å². The molecule has 1 saturated carbocycles.